The minimum atomic E-state index is 0.783. The third kappa shape index (κ3) is 4.11. The van der Waals surface area contributed by atoms with Crippen molar-refractivity contribution in [3.8, 4) is 0 Å². The predicted octanol–water partition coefficient (Wildman–Crippen LogP) is 2.62. The van der Waals surface area contributed by atoms with Gasteiger partial charge in [0, 0.05) is 25.4 Å². The average molecular weight is 273 g/mol. The lowest BCUT2D eigenvalue weighted by molar-refractivity contribution is 0.677. The molecule has 0 aliphatic heterocycles. The normalized spacial score (nSPS) is 14.7. The molecule has 1 heterocycles. The second-order valence-corrected chi connectivity index (χ2v) is 6.20. The number of rotatable bonds is 7. The molecule has 1 fully saturated rings. The van der Waals surface area contributed by atoms with Crippen LogP contribution in [-0.4, -0.2) is 22.8 Å². The van der Waals surface area contributed by atoms with Gasteiger partial charge in [-0.15, -0.1) is 21.5 Å². The molecule has 3 rings (SSSR count). The molecule has 1 saturated carbocycles. The molecule has 0 atom stereocenters. The first kappa shape index (κ1) is 12.8. The number of aromatic nitrogens is 2. The van der Waals surface area contributed by atoms with E-state index in [1.807, 2.05) is 0 Å². The Morgan fingerprint density at radius 3 is 2.47 bits per heavy atom. The lowest BCUT2D eigenvalue weighted by Gasteiger charge is -1.98. The monoisotopic (exact) mass is 273 g/mol. The number of hydrogen-bond donors (Lipinski definition) is 1. The Kier molecular flexibility index (Phi) is 4.20. The zero-order valence-electron chi connectivity index (χ0n) is 11.0. The first-order valence-corrected chi connectivity index (χ1v) is 7.80. The van der Waals surface area contributed by atoms with E-state index in [0.29, 0.717) is 0 Å². The molecule has 1 aromatic heterocycles. The summed E-state index contributed by atoms with van der Waals surface area (Å²) in [5, 5.41) is 14.4. The summed E-state index contributed by atoms with van der Waals surface area (Å²) >= 11 is 1.76. The van der Waals surface area contributed by atoms with E-state index in [2.05, 4.69) is 45.8 Å². The van der Waals surface area contributed by atoms with E-state index in [9.17, 15) is 0 Å². The van der Waals surface area contributed by atoms with Crippen LogP contribution < -0.4 is 5.32 Å². The van der Waals surface area contributed by atoms with Crippen molar-refractivity contribution >= 4 is 11.3 Å². The van der Waals surface area contributed by atoms with Crippen LogP contribution in [0.15, 0.2) is 30.3 Å². The van der Waals surface area contributed by atoms with E-state index in [0.717, 1.165) is 41.9 Å². The minimum Gasteiger partial charge on any atom is -0.314 e. The van der Waals surface area contributed by atoms with Gasteiger partial charge in [0.05, 0.1) is 0 Å². The highest BCUT2D eigenvalue weighted by molar-refractivity contribution is 7.11. The zero-order chi connectivity index (χ0) is 12.9. The first-order chi connectivity index (χ1) is 9.40. The SMILES string of the molecule is c1ccc(CCc2nnc(CCNC3CC3)s2)cc1. The third-order valence-corrected chi connectivity index (χ3v) is 4.37. The van der Waals surface area contributed by atoms with Crippen molar-refractivity contribution in [3.63, 3.8) is 0 Å². The van der Waals surface area contributed by atoms with Gasteiger partial charge in [0.2, 0.25) is 0 Å². The Hall–Kier alpha value is -1.26. The molecule has 0 saturated heterocycles. The van der Waals surface area contributed by atoms with Crippen molar-refractivity contribution in [1.82, 2.24) is 15.5 Å². The van der Waals surface area contributed by atoms with Gasteiger partial charge in [0.1, 0.15) is 10.0 Å². The maximum absolute atomic E-state index is 4.29. The third-order valence-electron chi connectivity index (χ3n) is 3.33. The van der Waals surface area contributed by atoms with Crippen LogP contribution in [0, 0.1) is 0 Å². The topological polar surface area (TPSA) is 37.8 Å². The van der Waals surface area contributed by atoms with Gasteiger partial charge >= 0.3 is 0 Å². The molecule has 0 bridgehead atoms. The lowest BCUT2D eigenvalue weighted by atomic mass is 10.1. The summed E-state index contributed by atoms with van der Waals surface area (Å²) in [6, 6.07) is 11.3. The fraction of sp³-hybridized carbons (Fsp3) is 0.467. The van der Waals surface area contributed by atoms with E-state index < -0.39 is 0 Å². The first-order valence-electron chi connectivity index (χ1n) is 6.99. The van der Waals surface area contributed by atoms with Crippen LogP contribution in [0.4, 0.5) is 0 Å². The van der Waals surface area contributed by atoms with Crippen molar-refractivity contribution in [2.75, 3.05) is 6.54 Å². The molecule has 0 unspecified atom stereocenters. The quantitative estimate of drug-likeness (QED) is 0.842. The number of benzene rings is 1. The summed E-state index contributed by atoms with van der Waals surface area (Å²) in [7, 11) is 0. The lowest BCUT2D eigenvalue weighted by Crippen LogP contribution is -2.19. The standard InChI is InChI=1S/C15H19N3S/c1-2-4-12(5-3-1)6-9-14-17-18-15(19-14)10-11-16-13-7-8-13/h1-5,13,16H,6-11H2. The molecular weight excluding hydrogens is 254 g/mol. The van der Waals surface area contributed by atoms with Gasteiger partial charge in [-0.3, -0.25) is 0 Å². The van der Waals surface area contributed by atoms with E-state index in [-0.39, 0.29) is 0 Å². The Labute approximate surface area is 118 Å². The van der Waals surface area contributed by atoms with E-state index in [1.54, 1.807) is 11.3 Å². The number of hydrogen-bond acceptors (Lipinski definition) is 4. The van der Waals surface area contributed by atoms with E-state index in [4.69, 9.17) is 0 Å². The molecule has 2 aromatic rings. The van der Waals surface area contributed by atoms with Crippen molar-refractivity contribution < 1.29 is 0 Å². The smallest absolute Gasteiger partial charge is 0.118 e. The second kappa shape index (κ2) is 6.26. The molecule has 0 radical (unpaired) electrons. The van der Waals surface area contributed by atoms with Gasteiger partial charge in [0.15, 0.2) is 0 Å². The van der Waals surface area contributed by atoms with Gasteiger partial charge in [-0.25, -0.2) is 0 Å². The molecule has 19 heavy (non-hydrogen) atoms. The van der Waals surface area contributed by atoms with Gasteiger partial charge in [0.25, 0.3) is 0 Å². The molecule has 1 N–H and O–H groups in total. The zero-order valence-corrected chi connectivity index (χ0v) is 11.8. The summed E-state index contributed by atoms with van der Waals surface area (Å²) in [5.41, 5.74) is 1.37. The molecular formula is C15H19N3S. The Morgan fingerprint density at radius 2 is 1.74 bits per heavy atom. The van der Waals surface area contributed by atoms with Crippen molar-refractivity contribution in [3.05, 3.63) is 45.9 Å². The molecule has 0 amide bonds. The summed E-state index contributed by atoms with van der Waals surface area (Å²) < 4.78 is 0. The van der Waals surface area contributed by atoms with Crippen LogP contribution in [0.1, 0.15) is 28.4 Å². The summed E-state index contributed by atoms with van der Waals surface area (Å²) in [5.74, 6) is 0. The molecule has 1 aliphatic carbocycles. The number of nitrogens with one attached hydrogen (secondary N) is 1. The van der Waals surface area contributed by atoms with Crippen molar-refractivity contribution in [2.45, 2.75) is 38.1 Å². The second-order valence-electron chi connectivity index (χ2n) is 5.05. The Morgan fingerprint density at radius 1 is 1.00 bits per heavy atom. The van der Waals surface area contributed by atoms with Gasteiger partial charge in [-0.05, 0) is 24.8 Å². The Balaban J connectivity index is 1.44. The van der Waals surface area contributed by atoms with Gasteiger partial charge in [-0.2, -0.15) is 0 Å². The fourth-order valence-corrected chi connectivity index (χ4v) is 2.90. The molecule has 1 aromatic carbocycles. The highest BCUT2D eigenvalue weighted by Crippen LogP contribution is 2.19. The minimum absolute atomic E-state index is 0.783. The summed E-state index contributed by atoms with van der Waals surface area (Å²) in [6.07, 6.45) is 5.75. The van der Waals surface area contributed by atoms with Crippen LogP contribution >= 0.6 is 11.3 Å². The summed E-state index contributed by atoms with van der Waals surface area (Å²) in [6.45, 7) is 1.04. The van der Waals surface area contributed by atoms with Crippen LogP contribution in [0.5, 0.6) is 0 Å². The maximum atomic E-state index is 4.29. The average Bonchev–Trinajstić information content (AvgIpc) is 3.16. The van der Waals surface area contributed by atoms with Crippen LogP contribution in [0.3, 0.4) is 0 Å². The highest BCUT2D eigenvalue weighted by Gasteiger charge is 2.19. The summed E-state index contributed by atoms with van der Waals surface area (Å²) in [4.78, 5) is 0. The van der Waals surface area contributed by atoms with Crippen LogP contribution in [-0.2, 0) is 19.3 Å². The molecule has 100 valence electrons. The molecule has 0 spiro atoms. The van der Waals surface area contributed by atoms with Crippen molar-refractivity contribution in [2.24, 2.45) is 0 Å². The predicted molar refractivity (Wildman–Crippen MR) is 78.5 cm³/mol. The Bertz CT molecular complexity index is 505. The van der Waals surface area contributed by atoms with E-state index >= 15 is 0 Å². The largest absolute Gasteiger partial charge is 0.314 e. The molecule has 4 heteroatoms. The number of nitrogens with zero attached hydrogens (tertiary/aromatic N) is 2. The van der Waals surface area contributed by atoms with Gasteiger partial charge in [-0.1, -0.05) is 30.3 Å². The van der Waals surface area contributed by atoms with Crippen LogP contribution in [0.2, 0.25) is 0 Å². The molecule has 3 nitrogen and oxygen atoms in total. The number of aryl methyl sites for hydroxylation is 2. The van der Waals surface area contributed by atoms with E-state index in [1.165, 1.54) is 18.4 Å². The molecule has 1 aliphatic rings. The van der Waals surface area contributed by atoms with Gasteiger partial charge < -0.3 is 5.32 Å². The highest BCUT2D eigenvalue weighted by atomic mass is 32.1. The van der Waals surface area contributed by atoms with Crippen molar-refractivity contribution in [1.29, 1.82) is 0 Å². The maximum Gasteiger partial charge on any atom is 0.118 e. The van der Waals surface area contributed by atoms with Crippen LogP contribution in [0.25, 0.3) is 0 Å². The fourth-order valence-electron chi connectivity index (χ4n) is 2.06.